The van der Waals surface area contributed by atoms with Gasteiger partial charge in [0.2, 0.25) is 0 Å². The molecule has 1 heteroatoms. The molecule has 0 aromatic heterocycles. The molecule has 0 saturated carbocycles. The molecule has 0 bridgehead atoms. The highest BCUT2D eigenvalue weighted by Gasteiger charge is 1.97. The van der Waals surface area contributed by atoms with E-state index in [1.165, 1.54) is 23.6 Å². The van der Waals surface area contributed by atoms with Crippen LogP contribution in [0.4, 0.5) is 0 Å². The molecule has 0 spiro atoms. The summed E-state index contributed by atoms with van der Waals surface area (Å²) >= 11 is 0. The SMILES string of the molecule is C=Cc1ccc(CC[SiH](C)C)cc1. The van der Waals surface area contributed by atoms with Gasteiger partial charge in [0.25, 0.3) is 0 Å². The summed E-state index contributed by atoms with van der Waals surface area (Å²) in [6.45, 7) is 8.54. The number of hydrogen-bond acceptors (Lipinski definition) is 0. The first-order chi connectivity index (χ1) is 6.22. The number of hydrogen-bond donors (Lipinski definition) is 0. The molecule has 0 radical (unpaired) electrons. The molecule has 1 aromatic rings. The van der Waals surface area contributed by atoms with E-state index in [0.717, 1.165) is 0 Å². The molecule has 0 aliphatic rings. The Balaban J connectivity index is 2.54. The van der Waals surface area contributed by atoms with E-state index in [0.29, 0.717) is 0 Å². The van der Waals surface area contributed by atoms with Crippen LogP contribution in [0.2, 0.25) is 19.1 Å². The minimum atomic E-state index is -0.380. The molecule has 0 N–H and O–H groups in total. The lowest BCUT2D eigenvalue weighted by atomic mass is 10.1. The predicted octanol–water partition coefficient (Wildman–Crippen LogP) is 3.36. The van der Waals surface area contributed by atoms with Gasteiger partial charge in [-0.15, -0.1) is 0 Å². The minimum absolute atomic E-state index is 0.380. The zero-order valence-corrected chi connectivity index (χ0v) is 9.74. The summed E-state index contributed by atoms with van der Waals surface area (Å²) in [6.07, 6.45) is 3.14. The van der Waals surface area contributed by atoms with Crippen molar-refractivity contribution in [2.75, 3.05) is 0 Å². The molecule has 0 atom stereocenters. The van der Waals surface area contributed by atoms with Crippen molar-refractivity contribution < 1.29 is 0 Å². The molecule has 0 amide bonds. The Hall–Kier alpha value is -0.823. The van der Waals surface area contributed by atoms with Crippen LogP contribution in [-0.2, 0) is 6.42 Å². The first-order valence-corrected chi connectivity index (χ1v) is 8.06. The van der Waals surface area contributed by atoms with Crippen LogP contribution < -0.4 is 0 Å². The zero-order chi connectivity index (χ0) is 9.68. The van der Waals surface area contributed by atoms with Crippen molar-refractivity contribution >= 4 is 14.9 Å². The summed E-state index contributed by atoms with van der Waals surface area (Å²) in [4.78, 5) is 0. The Kier molecular flexibility index (Phi) is 3.97. The smallest absolute Gasteiger partial charge is 0.0308 e. The van der Waals surface area contributed by atoms with Crippen molar-refractivity contribution in [2.45, 2.75) is 25.6 Å². The van der Waals surface area contributed by atoms with Gasteiger partial charge in [0.05, 0.1) is 0 Å². The molecule has 13 heavy (non-hydrogen) atoms. The van der Waals surface area contributed by atoms with Crippen molar-refractivity contribution in [3.8, 4) is 0 Å². The second-order valence-electron chi connectivity index (χ2n) is 3.88. The maximum Gasteiger partial charge on any atom is 0.0308 e. The lowest BCUT2D eigenvalue weighted by Gasteiger charge is -2.03. The molecule has 0 unspecified atom stereocenters. The summed E-state index contributed by atoms with van der Waals surface area (Å²) in [5.41, 5.74) is 2.68. The van der Waals surface area contributed by atoms with Crippen LogP contribution in [-0.4, -0.2) is 8.80 Å². The fraction of sp³-hybridized carbons (Fsp3) is 0.333. The van der Waals surface area contributed by atoms with E-state index in [1.807, 2.05) is 6.08 Å². The van der Waals surface area contributed by atoms with E-state index in [9.17, 15) is 0 Å². The van der Waals surface area contributed by atoms with Gasteiger partial charge in [0.15, 0.2) is 0 Å². The van der Waals surface area contributed by atoms with E-state index in [1.54, 1.807) is 0 Å². The summed E-state index contributed by atoms with van der Waals surface area (Å²) in [6, 6.07) is 10.1. The van der Waals surface area contributed by atoms with E-state index >= 15 is 0 Å². The molecule has 0 nitrogen and oxygen atoms in total. The average Bonchev–Trinajstić information content (AvgIpc) is 2.15. The first-order valence-electron chi connectivity index (χ1n) is 4.93. The monoisotopic (exact) mass is 190 g/mol. The van der Waals surface area contributed by atoms with Gasteiger partial charge in [0.1, 0.15) is 0 Å². The third-order valence-corrected chi connectivity index (χ3v) is 3.67. The van der Waals surface area contributed by atoms with Gasteiger partial charge in [-0.1, -0.05) is 56.1 Å². The van der Waals surface area contributed by atoms with Gasteiger partial charge in [-0.05, 0) is 17.5 Å². The topological polar surface area (TPSA) is 0 Å². The Morgan fingerprint density at radius 1 is 1.23 bits per heavy atom. The number of aryl methyl sites for hydroxylation is 1. The van der Waals surface area contributed by atoms with E-state index in [2.05, 4.69) is 43.9 Å². The van der Waals surface area contributed by atoms with Gasteiger partial charge in [0, 0.05) is 8.80 Å². The molecular weight excluding hydrogens is 172 g/mol. The van der Waals surface area contributed by atoms with Crippen molar-refractivity contribution in [3.63, 3.8) is 0 Å². The van der Waals surface area contributed by atoms with Gasteiger partial charge < -0.3 is 0 Å². The Labute approximate surface area is 82.9 Å². The van der Waals surface area contributed by atoms with Crippen LogP contribution in [0.25, 0.3) is 6.08 Å². The highest BCUT2D eigenvalue weighted by atomic mass is 28.3. The average molecular weight is 190 g/mol. The quantitative estimate of drug-likeness (QED) is 0.639. The largest absolute Gasteiger partial charge is 0.0985 e. The summed E-state index contributed by atoms with van der Waals surface area (Å²) in [5, 5.41) is 0. The minimum Gasteiger partial charge on any atom is -0.0985 e. The van der Waals surface area contributed by atoms with Gasteiger partial charge >= 0.3 is 0 Å². The fourth-order valence-corrected chi connectivity index (χ4v) is 2.19. The molecule has 1 rings (SSSR count). The number of benzene rings is 1. The maximum absolute atomic E-state index is 3.74. The van der Waals surface area contributed by atoms with Gasteiger partial charge in [-0.2, -0.15) is 0 Å². The molecule has 1 aromatic carbocycles. The van der Waals surface area contributed by atoms with Crippen molar-refractivity contribution in [3.05, 3.63) is 42.0 Å². The van der Waals surface area contributed by atoms with E-state index in [4.69, 9.17) is 0 Å². The van der Waals surface area contributed by atoms with Crippen LogP contribution in [0.1, 0.15) is 11.1 Å². The third kappa shape index (κ3) is 3.60. The van der Waals surface area contributed by atoms with E-state index < -0.39 is 0 Å². The van der Waals surface area contributed by atoms with Crippen molar-refractivity contribution in [1.29, 1.82) is 0 Å². The normalized spacial score (nSPS) is 10.4. The Morgan fingerprint density at radius 3 is 2.31 bits per heavy atom. The van der Waals surface area contributed by atoms with Crippen LogP contribution in [0, 0.1) is 0 Å². The lowest BCUT2D eigenvalue weighted by Crippen LogP contribution is -2.00. The maximum atomic E-state index is 3.74. The van der Waals surface area contributed by atoms with Crippen LogP contribution >= 0.6 is 0 Å². The van der Waals surface area contributed by atoms with Gasteiger partial charge in [-0.3, -0.25) is 0 Å². The molecule has 0 saturated heterocycles. The molecule has 0 aliphatic heterocycles. The second-order valence-corrected chi connectivity index (χ2v) is 7.24. The molecule has 0 fully saturated rings. The third-order valence-electron chi connectivity index (χ3n) is 2.23. The highest BCUT2D eigenvalue weighted by molar-refractivity contribution is 6.55. The lowest BCUT2D eigenvalue weighted by molar-refractivity contribution is 1.11. The van der Waals surface area contributed by atoms with Crippen molar-refractivity contribution in [1.82, 2.24) is 0 Å². The van der Waals surface area contributed by atoms with Crippen LogP contribution in [0.5, 0.6) is 0 Å². The summed E-state index contributed by atoms with van der Waals surface area (Å²) in [5.74, 6) is 0. The molecule has 0 heterocycles. The van der Waals surface area contributed by atoms with Crippen molar-refractivity contribution in [2.24, 2.45) is 0 Å². The first kappa shape index (κ1) is 10.3. The standard InChI is InChI=1S/C12H18Si/c1-4-11-5-7-12(8-6-11)9-10-13(2)3/h4-8,13H,1,9-10H2,2-3H3. The van der Waals surface area contributed by atoms with Crippen LogP contribution in [0.3, 0.4) is 0 Å². The van der Waals surface area contributed by atoms with E-state index in [-0.39, 0.29) is 8.80 Å². The predicted molar refractivity (Wildman–Crippen MR) is 63.9 cm³/mol. The second kappa shape index (κ2) is 5.03. The van der Waals surface area contributed by atoms with Crippen LogP contribution in [0.15, 0.2) is 30.8 Å². The summed E-state index contributed by atoms with van der Waals surface area (Å²) in [7, 11) is -0.380. The molecule has 0 aliphatic carbocycles. The Bertz CT molecular complexity index is 259. The van der Waals surface area contributed by atoms with Gasteiger partial charge in [-0.25, -0.2) is 0 Å². The highest BCUT2D eigenvalue weighted by Crippen LogP contribution is 2.08. The summed E-state index contributed by atoms with van der Waals surface area (Å²) < 4.78 is 0. The molecule has 70 valence electrons. The fourth-order valence-electron chi connectivity index (χ4n) is 1.28. The number of rotatable bonds is 4. The Morgan fingerprint density at radius 2 is 1.85 bits per heavy atom. The zero-order valence-electron chi connectivity index (χ0n) is 8.59. The molecular formula is C12H18Si.